The molecule has 5 aromatic carbocycles. The van der Waals surface area contributed by atoms with Crippen LogP contribution in [0.5, 0.6) is 0 Å². The van der Waals surface area contributed by atoms with Crippen LogP contribution < -0.4 is 0 Å². The summed E-state index contributed by atoms with van der Waals surface area (Å²) < 4.78 is 0. The summed E-state index contributed by atoms with van der Waals surface area (Å²) in [6.07, 6.45) is 0.600. The average molecular weight is 476 g/mol. The fraction of sp³-hybridized carbons (Fsp3) is 0.0294. The molecule has 37 heavy (non-hydrogen) atoms. The topological polar surface area (TPSA) is 38.7 Å². The van der Waals surface area contributed by atoms with Gasteiger partial charge in [-0.1, -0.05) is 133 Å². The number of benzene rings is 5. The van der Waals surface area contributed by atoms with Gasteiger partial charge in [0.15, 0.2) is 11.6 Å². The molecule has 6 rings (SSSR count). The molecule has 0 fully saturated rings. The summed E-state index contributed by atoms with van der Waals surface area (Å²) in [6, 6.07) is 48.0. The Balaban J connectivity index is 1.46. The summed E-state index contributed by atoms with van der Waals surface area (Å²) in [7, 11) is 0. The van der Waals surface area contributed by atoms with Crippen LogP contribution in [-0.2, 0) is 6.42 Å². The predicted molar refractivity (Wildman–Crippen MR) is 151 cm³/mol. The number of hydrogen-bond donors (Lipinski definition) is 0. The molecular formula is C34H25N3. The molecule has 0 amide bonds. The van der Waals surface area contributed by atoms with Crippen LogP contribution in [0.25, 0.3) is 45.0 Å². The van der Waals surface area contributed by atoms with Crippen LogP contribution in [-0.4, -0.2) is 15.0 Å². The van der Waals surface area contributed by atoms with Crippen molar-refractivity contribution in [2.75, 3.05) is 0 Å². The van der Waals surface area contributed by atoms with Gasteiger partial charge in [0.2, 0.25) is 0 Å². The summed E-state index contributed by atoms with van der Waals surface area (Å²) in [4.78, 5) is 14.6. The monoisotopic (exact) mass is 475 g/mol. The summed E-state index contributed by atoms with van der Waals surface area (Å²) >= 11 is 0. The third-order valence-corrected chi connectivity index (χ3v) is 6.31. The number of aromatic nitrogens is 3. The van der Waals surface area contributed by atoms with Crippen LogP contribution in [0.2, 0.25) is 0 Å². The van der Waals surface area contributed by atoms with Gasteiger partial charge in [-0.15, -0.1) is 0 Å². The van der Waals surface area contributed by atoms with Gasteiger partial charge >= 0.3 is 0 Å². The predicted octanol–water partition coefficient (Wildman–Crippen LogP) is 8.13. The lowest BCUT2D eigenvalue weighted by Gasteiger charge is -2.12. The molecule has 6 aromatic rings. The molecule has 1 aromatic heterocycles. The van der Waals surface area contributed by atoms with Crippen molar-refractivity contribution in [2.24, 2.45) is 0 Å². The van der Waals surface area contributed by atoms with E-state index in [1.165, 1.54) is 22.3 Å². The summed E-state index contributed by atoms with van der Waals surface area (Å²) in [5, 5.41) is 0. The van der Waals surface area contributed by atoms with E-state index in [0.29, 0.717) is 18.1 Å². The van der Waals surface area contributed by atoms with Crippen LogP contribution >= 0.6 is 0 Å². The molecule has 0 spiro atoms. The Labute approximate surface area is 217 Å². The van der Waals surface area contributed by atoms with E-state index in [0.717, 1.165) is 22.5 Å². The minimum absolute atomic E-state index is 0.600. The molecule has 176 valence electrons. The first-order chi connectivity index (χ1) is 18.3. The van der Waals surface area contributed by atoms with E-state index in [2.05, 4.69) is 66.7 Å². The molecule has 3 nitrogen and oxygen atoms in total. The smallest absolute Gasteiger partial charge is 0.163 e. The van der Waals surface area contributed by atoms with Crippen molar-refractivity contribution in [2.45, 2.75) is 6.42 Å². The highest BCUT2D eigenvalue weighted by Crippen LogP contribution is 2.29. The maximum Gasteiger partial charge on any atom is 0.163 e. The highest BCUT2D eigenvalue weighted by atomic mass is 15.0. The maximum atomic E-state index is 4.91. The van der Waals surface area contributed by atoms with Gasteiger partial charge in [-0.3, -0.25) is 0 Å². The first kappa shape index (κ1) is 22.6. The van der Waals surface area contributed by atoms with Crippen molar-refractivity contribution in [1.29, 1.82) is 0 Å². The van der Waals surface area contributed by atoms with Crippen molar-refractivity contribution >= 4 is 0 Å². The quantitative estimate of drug-likeness (QED) is 0.244. The molecule has 0 saturated carbocycles. The van der Waals surface area contributed by atoms with E-state index in [1.54, 1.807) is 0 Å². The van der Waals surface area contributed by atoms with Gasteiger partial charge in [0.1, 0.15) is 5.82 Å². The van der Waals surface area contributed by atoms with Crippen molar-refractivity contribution in [1.82, 2.24) is 15.0 Å². The molecule has 0 unspecified atom stereocenters. The van der Waals surface area contributed by atoms with Gasteiger partial charge in [-0.2, -0.15) is 0 Å². The van der Waals surface area contributed by atoms with Crippen molar-refractivity contribution < 1.29 is 0 Å². The summed E-state index contributed by atoms with van der Waals surface area (Å²) in [5.74, 6) is 2.12. The Morgan fingerprint density at radius 1 is 0.351 bits per heavy atom. The minimum Gasteiger partial charge on any atom is -0.213 e. The molecule has 0 atom stereocenters. The van der Waals surface area contributed by atoms with Crippen LogP contribution in [0.4, 0.5) is 0 Å². The molecular weight excluding hydrogens is 450 g/mol. The fourth-order valence-electron chi connectivity index (χ4n) is 4.50. The maximum absolute atomic E-state index is 4.91. The molecule has 0 aliphatic heterocycles. The van der Waals surface area contributed by atoms with Crippen LogP contribution in [0.15, 0.2) is 140 Å². The third-order valence-electron chi connectivity index (χ3n) is 6.31. The molecule has 0 bridgehead atoms. The minimum atomic E-state index is 0.600. The SMILES string of the molecule is c1ccc(-c2cc(Cc3nc(-c4ccccc4)nc(-c4ccccc4)n3)cc(-c3ccccc3)c2)cc1. The zero-order valence-electron chi connectivity index (χ0n) is 20.3. The average Bonchev–Trinajstić information content (AvgIpc) is 2.99. The van der Waals surface area contributed by atoms with Gasteiger partial charge in [-0.25, -0.2) is 15.0 Å². The van der Waals surface area contributed by atoms with Gasteiger partial charge in [0.25, 0.3) is 0 Å². The van der Waals surface area contributed by atoms with E-state index in [-0.39, 0.29) is 0 Å². The third kappa shape index (κ3) is 5.21. The molecule has 0 aliphatic rings. The second kappa shape index (κ2) is 10.4. The molecule has 0 aliphatic carbocycles. The lowest BCUT2D eigenvalue weighted by molar-refractivity contribution is 0.933. The van der Waals surface area contributed by atoms with E-state index >= 15 is 0 Å². The highest BCUT2D eigenvalue weighted by Gasteiger charge is 2.13. The first-order valence-electron chi connectivity index (χ1n) is 12.4. The molecule has 0 saturated heterocycles. The van der Waals surface area contributed by atoms with E-state index in [9.17, 15) is 0 Å². The fourth-order valence-corrected chi connectivity index (χ4v) is 4.50. The summed E-state index contributed by atoms with van der Waals surface area (Å²) in [6.45, 7) is 0. The van der Waals surface area contributed by atoms with Gasteiger partial charge in [0.05, 0.1) is 0 Å². The normalized spacial score (nSPS) is 10.8. The van der Waals surface area contributed by atoms with E-state index in [1.807, 2.05) is 72.8 Å². The number of hydrogen-bond acceptors (Lipinski definition) is 3. The Morgan fingerprint density at radius 2 is 0.730 bits per heavy atom. The Hall–Kier alpha value is -4.89. The lowest BCUT2D eigenvalue weighted by atomic mass is 9.95. The lowest BCUT2D eigenvalue weighted by Crippen LogP contribution is -2.04. The van der Waals surface area contributed by atoms with Crippen LogP contribution in [0, 0.1) is 0 Å². The molecule has 0 N–H and O–H groups in total. The van der Waals surface area contributed by atoms with Crippen molar-refractivity contribution in [3.63, 3.8) is 0 Å². The molecule has 1 heterocycles. The van der Waals surface area contributed by atoms with Crippen molar-refractivity contribution in [3.05, 3.63) is 151 Å². The van der Waals surface area contributed by atoms with Gasteiger partial charge < -0.3 is 0 Å². The van der Waals surface area contributed by atoms with Gasteiger partial charge in [-0.05, 0) is 33.9 Å². The Morgan fingerprint density at radius 3 is 1.14 bits per heavy atom. The first-order valence-corrected chi connectivity index (χ1v) is 12.4. The molecule has 0 radical (unpaired) electrons. The second-order valence-corrected chi connectivity index (χ2v) is 8.96. The second-order valence-electron chi connectivity index (χ2n) is 8.96. The number of rotatable bonds is 6. The Kier molecular flexibility index (Phi) is 6.33. The van der Waals surface area contributed by atoms with Gasteiger partial charge in [0, 0.05) is 17.5 Å². The zero-order chi connectivity index (χ0) is 24.9. The van der Waals surface area contributed by atoms with E-state index in [4.69, 9.17) is 15.0 Å². The zero-order valence-corrected chi connectivity index (χ0v) is 20.3. The molecule has 3 heteroatoms. The van der Waals surface area contributed by atoms with Crippen LogP contribution in [0.3, 0.4) is 0 Å². The summed E-state index contributed by atoms with van der Waals surface area (Å²) in [5.41, 5.74) is 7.84. The van der Waals surface area contributed by atoms with Crippen LogP contribution in [0.1, 0.15) is 11.4 Å². The Bertz CT molecular complexity index is 1370. The van der Waals surface area contributed by atoms with E-state index < -0.39 is 0 Å². The standard InChI is InChI=1S/C34H25N3/c1-5-13-26(14-6-1)30-21-25(22-31(24-30)27-15-7-2-8-16-27)23-32-35-33(28-17-9-3-10-18-28)37-34(36-32)29-19-11-4-12-20-29/h1-22,24H,23H2. The van der Waals surface area contributed by atoms with Crippen molar-refractivity contribution in [3.8, 4) is 45.0 Å². The largest absolute Gasteiger partial charge is 0.213 e. The number of nitrogens with zero attached hydrogens (tertiary/aromatic N) is 3. The highest BCUT2D eigenvalue weighted by molar-refractivity contribution is 5.74.